The summed E-state index contributed by atoms with van der Waals surface area (Å²) in [5.41, 5.74) is 3.16. The number of aromatic nitrogens is 3. The molecular weight excluding hydrogens is 398 g/mol. The second-order valence-electron chi connectivity index (χ2n) is 5.60. The van der Waals surface area contributed by atoms with Gasteiger partial charge < -0.3 is 15.6 Å². The molecule has 130 valence electrons. The maximum absolute atomic E-state index is 4.48. The fourth-order valence-electron chi connectivity index (χ4n) is 2.46. The molecule has 0 radical (unpaired) electrons. The molecule has 0 amide bonds. The Morgan fingerprint density at radius 3 is 3.04 bits per heavy atom. The number of thiophene rings is 1. The molecule has 7 heteroatoms. The Hall–Kier alpha value is -1.88. The van der Waals surface area contributed by atoms with E-state index >= 15 is 0 Å². The zero-order valence-corrected chi connectivity index (χ0v) is 16.6. The summed E-state index contributed by atoms with van der Waals surface area (Å²) in [5.74, 6) is 6.90. The molecule has 0 aliphatic heterocycles. The molecule has 25 heavy (non-hydrogen) atoms. The van der Waals surface area contributed by atoms with E-state index in [9.17, 15) is 0 Å². The Bertz CT molecular complexity index is 886. The van der Waals surface area contributed by atoms with Gasteiger partial charge >= 0.3 is 0 Å². The Morgan fingerprint density at radius 1 is 1.36 bits per heavy atom. The van der Waals surface area contributed by atoms with Crippen LogP contribution in [-0.2, 0) is 6.54 Å². The smallest absolute Gasteiger partial charge is 0.201 e. The molecule has 3 aromatic rings. The normalized spacial score (nSPS) is 10.7. The number of H-pyrrole nitrogens is 1. The predicted molar refractivity (Wildman–Crippen MR) is 108 cm³/mol. The number of halogens is 1. The minimum absolute atomic E-state index is 0.795. The molecule has 0 unspecified atom stereocenters. The second-order valence-corrected chi connectivity index (χ2v) is 7.50. The fraction of sp³-hybridized carbons (Fsp3) is 0.333. The predicted octanol–water partition coefficient (Wildman–Crippen LogP) is 4.05. The van der Waals surface area contributed by atoms with Gasteiger partial charge in [0.25, 0.3) is 0 Å². The van der Waals surface area contributed by atoms with Crippen LogP contribution in [0.1, 0.15) is 28.7 Å². The van der Waals surface area contributed by atoms with E-state index in [4.69, 9.17) is 0 Å². The third-order valence-corrected chi connectivity index (χ3v) is 6.26. The van der Waals surface area contributed by atoms with Gasteiger partial charge in [0.1, 0.15) is 0 Å². The van der Waals surface area contributed by atoms with Crippen LogP contribution in [-0.4, -0.2) is 28.0 Å². The highest BCUT2D eigenvalue weighted by Gasteiger charge is 2.10. The molecule has 0 saturated heterocycles. The molecule has 0 aliphatic rings. The number of hydrogen-bond donors (Lipinski definition) is 3. The van der Waals surface area contributed by atoms with Gasteiger partial charge in [0.15, 0.2) is 0 Å². The van der Waals surface area contributed by atoms with Gasteiger partial charge in [0.2, 0.25) is 5.95 Å². The number of aromatic amines is 1. The molecule has 0 aliphatic carbocycles. The van der Waals surface area contributed by atoms with Crippen molar-refractivity contribution in [2.24, 2.45) is 0 Å². The van der Waals surface area contributed by atoms with Crippen molar-refractivity contribution in [3.63, 3.8) is 0 Å². The van der Waals surface area contributed by atoms with Crippen LogP contribution in [0.3, 0.4) is 0 Å². The largest absolute Gasteiger partial charge is 0.356 e. The standard InChI is InChI=1S/C18H20BrN5S/c1-3-5-15-17(19)12(2)16(25-15)11-20-7-4-8-22-18-23-13-6-9-21-10-14(13)24-18/h6,9-10,20H,4,7-8,11H2,1-2H3,(H2,22,23,24). The highest BCUT2D eigenvalue weighted by atomic mass is 79.9. The zero-order valence-electron chi connectivity index (χ0n) is 14.2. The number of rotatable bonds is 7. The van der Waals surface area contributed by atoms with Crippen LogP contribution in [0, 0.1) is 18.8 Å². The zero-order chi connectivity index (χ0) is 17.6. The summed E-state index contributed by atoms with van der Waals surface area (Å²) in [7, 11) is 0. The summed E-state index contributed by atoms with van der Waals surface area (Å²) in [6, 6.07) is 1.90. The van der Waals surface area contributed by atoms with Gasteiger partial charge in [-0.1, -0.05) is 5.92 Å². The third kappa shape index (κ3) is 4.40. The lowest BCUT2D eigenvalue weighted by Gasteiger charge is -2.05. The van der Waals surface area contributed by atoms with E-state index in [0.29, 0.717) is 0 Å². The van der Waals surface area contributed by atoms with Crippen molar-refractivity contribution in [1.82, 2.24) is 20.3 Å². The maximum Gasteiger partial charge on any atom is 0.201 e. The minimum Gasteiger partial charge on any atom is -0.356 e. The molecule has 5 nitrogen and oxygen atoms in total. The van der Waals surface area contributed by atoms with Gasteiger partial charge in [-0.2, -0.15) is 0 Å². The van der Waals surface area contributed by atoms with Crippen LogP contribution >= 0.6 is 27.3 Å². The van der Waals surface area contributed by atoms with Crippen molar-refractivity contribution >= 4 is 44.2 Å². The first-order valence-corrected chi connectivity index (χ1v) is 9.75. The van der Waals surface area contributed by atoms with Crippen LogP contribution in [0.15, 0.2) is 22.9 Å². The Balaban J connectivity index is 1.41. The van der Waals surface area contributed by atoms with Gasteiger partial charge in [0.05, 0.1) is 22.1 Å². The van der Waals surface area contributed by atoms with Crippen molar-refractivity contribution in [3.8, 4) is 11.8 Å². The van der Waals surface area contributed by atoms with Gasteiger partial charge in [0, 0.05) is 28.6 Å². The van der Waals surface area contributed by atoms with Crippen molar-refractivity contribution < 1.29 is 0 Å². The number of imidazole rings is 1. The molecule has 0 atom stereocenters. The first-order chi connectivity index (χ1) is 12.2. The first kappa shape index (κ1) is 17.9. The molecule has 3 aromatic heterocycles. The lowest BCUT2D eigenvalue weighted by molar-refractivity contribution is 0.666. The van der Waals surface area contributed by atoms with Gasteiger partial charge in [-0.3, -0.25) is 4.98 Å². The van der Waals surface area contributed by atoms with E-state index in [2.05, 4.69) is 60.3 Å². The summed E-state index contributed by atoms with van der Waals surface area (Å²) in [5, 5.41) is 6.82. The Labute approximate surface area is 159 Å². The SMILES string of the molecule is CC#Cc1sc(CNCCCNc2nc3ccncc3[nH]2)c(C)c1Br. The molecule has 0 spiro atoms. The van der Waals surface area contributed by atoms with Crippen molar-refractivity contribution in [2.75, 3.05) is 18.4 Å². The topological polar surface area (TPSA) is 65.6 Å². The fourth-order valence-corrected chi connectivity index (χ4v) is 4.25. The van der Waals surface area contributed by atoms with E-state index in [1.54, 1.807) is 23.7 Å². The van der Waals surface area contributed by atoms with E-state index in [1.165, 1.54) is 10.4 Å². The maximum atomic E-state index is 4.48. The first-order valence-electron chi connectivity index (χ1n) is 8.14. The lowest BCUT2D eigenvalue weighted by Crippen LogP contribution is -2.17. The highest BCUT2D eigenvalue weighted by molar-refractivity contribution is 9.10. The van der Waals surface area contributed by atoms with E-state index in [-0.39, 0.29) is 0 Å². The molecule has 0 aromatic carbocycles. The van der Waals surface area contributed by atoms with Crippen molar-refractivity contribution in [1.29, 1.82) is 0 Å². The summed E-state index contributed by atoms with van der Waals surface area (Å²) in [4.78, 5) is 14.2. The minimum atomic E-state index is 0.795. The molecule has 0 fully saturated rings. The number of pyridine rings is 1. The summed E-state index contributed by atoms with van der Waals surface area (Å²) < 4.78 is 1.13. The molecule has 3 heterocycles. The average Bonchev–Trinajstić information content (AvgIpc) is 3.14. The average molecular weight is 418 g/mol. The molecule has 3 rings (SSSR count). The third-order valence-electron chi connectivity index (χ3n) is 3.80. The van der Waals surface area contributed by atoms with Gasteiger partial charge in [-0.15, -0.1) is 17.3 Å². The second kappa shape index (κ2) is 8.48. The van der Waals surface area contributed by atoms with E-state index in [1.807, 2.05) is 13.0 Å². The van der Waals surface area contributed by atoms with Crippen LogP contribution in [0.25, 0.3) is 11.0 Å². The van der Waals surface area contributed by atoms with Crippen LogP contribution in [0.2, 0.25) is 0 Å². The summed E-state index contributed by atoms with van der Waals surface area (Å²) in [6.07, 6.45) is 4.55. The van der Waals surface area contributed by atoms with Crippen LogP contribution < -0.4 is 10.6 Å². The van der Waals surface area contributed by atoms with Crippen molar-refractivity contribution in [2.45, 2.75) is 26.8 Å². The van der Waals surface area contributed by atoms with Crippen LogP contribution in [0.5, 0.6) is 0 Å². The molecular formula is C18H20BrN5S. The lowest BCUT2D eigenvalue weighted by atomic mass is 10.2. The van der Waals surface area contributed by atoms with E-state index < -0.39 is 0 Å². The number of nitrogens with one attached hydrogen (secondary N) is 3. The van der Waals surface area contributed by atoms with Gasteiger partial charge in [-0.25, -0.2) is 4.98 Å². The highest BCUT2D eigenvalue weighted by Crippen LogP contribution is 2.32. The van der Waals surface area contributed by atoms with E-state index in [0.717, 1.165) is 52.4 Å². The summed E-state index contributed by atoms with van der Waals surface area (Å²) in [6.45, 7) is 6.68. The quantitative estimate of drug-likeness (QED) is 0.400. The molecule has 0 saturated carbocycles. The van der Waals surface area contributed by atoms with Gasteiger partial charge in [-0.05, 0) is 54.4 Å². The molecule has 0 bridgehead atoms. The number of nitrogens with zero attached hydrogens (tertiary/aromatic N) is 2. The number of hydrogen-bond acceptors (Lipinski definition) is 5. The molecule has 3 N–H and O–H groups in total. The van der Waals surface area contributed by atoms with Crippen molar-refractivity contribution in [3.05, 3.63) is 38.3 Å². The number of anilines is 1. The summed E-state index contributed by atoms with van der Waals surface area (Å²) >= 11 is 5.39. The van der Waals surface area contributed by atoms with Crippen LogP contribution in [0.4, 0.5) is 5.95 Å². The monoisotopic (exact) mass is 417 g/mol. The Morgan fingerprint density at radius 2 is 2.24 bits per heavy atom. The number of fused-ring (bicyclic) bond motifs is 1. The Kier molecular flexibility index (Phi) is 6.08.